The summed E-state index contributed by atoms with van der Waals surface area (Å²) in [6.45, 7) is 4.40. The average Bonchev–Trinajstić information content (AvgIpc) is 3.47. The number of benzene rings is 2. The third-order valence-electron chi connectivity index (χ3n) is 4.62. The maximum atomic E-state index is 13.0. The van der Waals surface area contributed by atoms with Crippen LogP contribution < -0.4 is 5.32 Å². The fourth-order valence-electron chi connectivity index (χ4n) is 2.99. The molecule has 1 fully saturated rings. The van der Waals surface area contributed by atoms with Crippen molar-refractivity contribution in [3.8, 4) is 11.4 Å². The van der Waals surface area contributed by atoms with Crippen molar-refractivity contribution in [3.05, 3.63) is 77.8 Å². The predicted molar refractivity (Wildman–Crippen MR) is 117 cm³/mol. The number of aromatic nitrogens is 3. The van der Waals surface area contributed by atoms with E-state index in [2.05, 4.69) is 22.1 Å². The number of nitrogens with one attached hydrogen (secondary N) is 1. The second-order valence-electron chi connectivity index (χ2n) is 6.90. The van der Waals surface area contributed by atoms with Gasteiger partial charge in [0.2, 0.25) is 5.91 Å². The highest BCUT2D eigenvalue weighted by molar-refractivity contribution is 8.00. The number of halogens is 1. The largest absolute Gasteiger partial charge is 0.352 e. The van der Waals surface area contributed by atoms with Crippen LogP contribution in [0.5, 0.6) is 0 Å². The minimum atomic E-state index is -0.400. The van der Waals surface area contributed by atoms with Gasteiger partial charge in [0, 0.05) is 23.2 Å². The van der Waals surface area contributed by atoms with Gasteiger partial charge in [-0.15, -0.1) is 16.8 Å². The first kappa shape index (κ1) is 19.7. The number of nitrogens with zero attached hydrogens (tertiary/aromatic N) is 3. The Hall–Kier alpha value is -2.57. The van der Waals surface area contributed by atoms with Crippen LogP contribution in [0.2, 0.25) is 5.02 Å². The lowest BCUT2D eigenvalue weighted by molar-refractivity contribution is -0.120. The summed E-state index contributed by atoms with van der Waals surface area (Å²) in [6.07, 6.45) is 3.89. The summed E-state index contributed by atoms with van der Waals surface area (Å²) in [5.41, 5.74) is 1.85. The number of allylic oxidation sites excluding steroid dienone is 1. The van der Waals surface area contributed by atoms with Crippen molar-refractivity contribution in [1.29, 1.82) is 0 Å². The van der Waals surface area contributed by atoms with Crippen molar-refractivity contribution in [2.45, 2.75) is 35.8 Å². The second kappa shape index (κ2) is 8.84. The van der Waals surface area contributed by atoms with Crippen molar-refractivity contribution >= 4 is 29.3 Å². The van der Waals surface area contributed by atoms with Gasteiger partial charge in [0.1, 0.15) is 5.25 Å². The molecule has 0 spiro atoms. The number of hydrogen-bond acceptors (Lipinski definition) is 4. The predicted octanol–water partition coefficient (Wildman–Crippen LogP) is 4.90. The summed E-state index contributed by atoms with van der Waals surface area (Å²) in [5, 5.41) is 12.8. The van der Waals surface area contributed by atoms with Gasteiger partial charge < -0.3 is 5.32 Å². The monoisotopic (exact) mass is 424 g/mol. The van der Waals surface area contributed by atoms with Gasteiger partial charge in [-0.2, -0.15) is 0 Å². The average molecular weight is 425 g/mol. The van der Waals surface area contributed by atoms with E-state index in [4.69, 9.17) is 11.6 Å². The Morgan fingerprint density at radius 1 is 1.21 bits per heavy atom. The summed E-state index contributed by atoms with van der Waals surface area (Å²) in [5.74, 6) is 0.725. The van der Waals surface area contributed by atoms with Crippen LogP contribution in [-0.2, 0) is 11.3 Å². The van der Waals surface area contributed by atoms with Crippen molar-refractivity contribution < 1.29 is 4.79 Å². The van der Waals surface area contributed by atoms with Gasteiger partial charge >= 0.3 is 0 Å². The van der Waals surface area contributed by atoms with Gasteiger partial charge in [-0.3, -0.25) is 9.36 Å². The van der Waals surface area contributed by atoms with Gasteiger partial charge in [-0.1, -0.05) is 59.8 Å². The van der Waals surface area contributed by atoms with E-state index in [9.17, 15) is 4.79 Å². The van der Waals surface area contributed by atoms with Gasteiger partial charge in [0.25, 0.3) is 0 Å². The van der Waals surface area contributed by atoms with E-state index in [1.165, 1.54) is 11.8 Å². The number of amides is 1. The van der Waals surface area contributed by atoms with E-state index in [1.54, 1.807) is 6.08 Å². The number of carbonyl (C=O) groups is 1. The Balaban J connectivity index is 1.67. The molecule has 1 aliphatic rings. The standard InChI is InChI=1S/C22H21ClN4OS/c1-2-14-27-20(16-8-10-17(23)11-9-16)25-26-22(27)29-19(15-6-4-3-5-7-15)21(28)24-18-12-13-18/h2-11,18-19H,1,12-14H2,(H,24,28)/t19-/m0/s1. The number of rotatable bonds is 8. The molecule has 1 aromatic heterocycles. The van der Waals surface area contributed by atoms with Gasteiger partial charge in [-0.05, 0) is 42.7 Å². The number of carbonyl (C=O) groups excluding carboxylic acids is 1. The maximum Gasteiger partial charge on any atom is 0.238 e. The first-order valence-electron chi connectivity index (χ1n) is 9.47. The van der Waals surface area contributed by atoms with Crippen LogP contribution in [-0.4, -0.2) is 26.7 Å². The second-order valence-corrected chi connectivity index (χ2v) is 8.41. The summed E-state index contributed by atoms with van der Waals surface area (Å²) in [7, 11) is 0. The molecule has 148 valence electrons. The molecule has 0 aliphatic heterocycles. The minimum absolute atomic E-state index is 0.00453. The molecule has 1 heterocycles. The first-order chi connectivity index (χ1) is 14.2. The Morgan fingerprint density at radius 3 is 2.59 bits per heavy atom. The van der Waals surface area contributed by atoms with E-state index in [1.807, 2.05) is 59.2 Å². The van der Waals surface area contributed by atoms with E-state index in [0.29, 0.717) is 22.8 Å². The molecule has 0 radical (unpaired) electrons. The molecule has 1 amide bonds. The molecule has 0 unspecified atom stereocenters. The molecular formula is C22H21ClN4OS. The lowest BCUT2D eigenvalue weighted by Gasteiger charge is -2.17. The van der Waals surface area contributed by atoms with Gasteiger partial charge in [0.15, 0.2) is 11.0 Å². The Labute approximate surface area is 179 Å². The van der Waals surface area contributed by atoms with Crippen LogP contribution in [0, 0.1) is 0 Å². The molecule has 7 heteroatoms. The topological polar surface area (TPSA) is 59.8 Å². The zero-order valence-corrected chi connectivity index (χ0v) is 17.4. The molecule has 1 aliphatic carbocycles. The van der Waals surface area contributed by atoms with Crippen LogP contribution in [0.1, 0.15) is 23.7 Å². The van der Waals surface area contributed by atoms with Crippen molar-refractivity contribution in [3.63, 3.8) is 0 Å². The lowest BCUT2D eigenvalue weighted by atomic mass is 10.1. The molecule has 1 saturated carbocycles. The molecule has 5 nitrogen and oxygen atoms in total. The quantitative estimate of drug-likeness (QED) is 0.413. The summed E-state index contributed by atoms with van der Waals surface area (Å²) >= 11 is 7.42. The Kier molecular flexibility index (Phi) is 6.02. The third kappa shape index (κ3) is 4.71. The van der Waals surface area contributed by atoms with E-state index >= 15 is 0 Å². The highest BCUT2D eigenvalue weighted by Crippen LogP contribution is 2.37. The SMILES string of the molecule is C=CCn1c(S[C@H](C(=O)NC2CC2)c2ccccc2)nnc1-c1ccc(Cl)cc1. The molecule has 29 heavy (non-hydrogen) atoms. The fourth-order valence-corrected chi connectivity index (χ4v) is 4.17. The lowest BCUT2D eigenvalue weighted by Crippen LogP contribution is -2.30. The van der Waals surface area contributed by atoms with E-state index < -0.39 is 5.25 Å². The van der Waals surface area contributed by atoms with Gasteiger partial charge in [0.05, 0.1) is 0 Å². The zero-order valence-electron chi connectivity index (χ0n) is 15.8. The van der Waals surface area contributed by atoms with E-state index in [-0.39, 0.29) is 5.91 Å². The molecule has 2 aromatic carbocycles. The first-order valence-corrected chi connectivity index (χ1v) is 10.7. The highest BCUT2D eigenvalue weighted by Gasteiger charge is 2.30. The van der Waals surface area contributed by atoms with Crippen molar-refractivity contribution in [2.75, 3.05) is 0 Å². The Bertz CT molecular complexity index is 999. The molecule has 0 bridgehead atoms. The normalized spacial score (nSPS) is 14.4. The van der Waals surface area contributed by atoms with Crippen LogP contribution in [0.4, 0.5) is 0 Å². The zero-order chi connectivity index (χ0) is 20.2. The van der Waals surface area contributed by atoms with E-state index in [0.717, 1.165) is 29.8 Å². The fraction of sp³-hybridized carbons (Fsp3) is 0.227. The smallest absolute Gasteiger partial charge is 0.238 e. The molecule has 4 rings (SSSR count). The van der Waals surface area contributed by atoms with Crippen LogP contribution in [0.15, 0.2) is 72.4 Å². The molecule has 0 saturated heterocycles. The van der Waals surface area contributed by atoms with Crippen LogP contribution in [0.25, 0.3) is 11.4 Å². The minimum Gasteiger partial charge on any atom is -0.352 e. The summed E-state index contributed by atoms with van der Waals surface area (Å²) in [6, 6.07) is 17.6. The maximum absolute atomic E-state index is 13.0. The van der Waals surface area contributed by atoms with Crippen LogP contribution >= 0.6 is 23.4 Å². The highest BCUT2D eigenvalue weighted by atomic mass is 35.5. The Morgan fingerprint density at radius 2 is 1.93 bits per heavy atom. The summed E-state index contributed by atoms with van der Waals surface area (Å²) in [4.78, 5) is 13.0. The number of thioether (sulfide) groups is 1. The number of hydrogen-bond donors (Lipinski definition) is 1. The molecular weight excluding hydrogens is 404 g/mol. The van der Waals surface area contributed by atoms with Crippen molar-refractivity contribution in [1.82, 2.24) is 20.1 Å². The third-order valence-corrected chi connectivity index (χ3v) is 6.11. The van der Waals surface area contributed by atoms with Crippen molar-refractivity contribution in [2.24, 2.45) is 0 Å². The van der Waals surface area contributed by atoms with Crippen LogP contribution in [0.3, 0.4) is 0 Å². The molecule has 1 N–H and O–H groups in total. The summed E-state index contributed by atoms with van der Waals surface area (Å²) < 4.78 is 1.97. The van der Waals surface area contributed by atoms with Gasteiger partial charge in [-0.25, -0.2) is 0 Å². The molecule has 1 atom stereocenters. The molecule has 3 aromatic rings.